The van der Waals surface area contributed by atoms with Gasteiger partial charge in [-0.2, -0.15) is 0 Å². The van der Waals surface area contributed by atoms with Crippen molar-refractivity contribution < 1.29 is 14.0 Å². The number of carbonyl (C=O) groups excluding carboxylic acids is 2. The molecule has 1 aliphatic heterocycles. The van der Waals surface area contributed by atoms with E-state index < -0.39 is 0 Å². The summed E-state index contributed by atoms with van der Waals surface area (Å²) in [6, 6.07) is 6.46. The molecule has 0 saturated carbocycles. The average Bonchev–Trinajstić information content (AvgIpc) is 2.68. The quantitative estimate of drug-likeness (QED) is 0.887. The van der Waals surface area contributed by atoms with Crippen LogP contribution in [0.2, 0.25) is 0 Å². The zero-order valence-electron chi connectivity index (χ0n) is 12.8. The molecule has 0 aromatic heterocycles. The molecule has 0 bridgehead atoms. The van der Waals surface area contributed by atoms with E-state index in [-0.39, 0.29) is 30.0 Å². The van der Waals surface area contributed by atoms with Gasteiger partial charge in [-0.3, -0.25) is 9.59 Å². The lowest BCUT2D eigenvalue weighted by molar-refractivity contribution is -0.132. The summed E-state index contributed by atoms with van der Waals surface area (Å²) in [5.74, 6) is -1.10. The van der Waals surface area contributed by atoms with Gasteiger partial charge in [-0.15, -0.1) is 0 Å². The Balaban J connectivity index is 1.96. The number of hydrogen-bond donors (Lipinski definition) is 1. The molecule has 1 atom stereocenters. The normalized spacial score (nSPS) is 19.7. The van der Waals surface area contributed by atoms with Crippen molar-refractivity contribution >= 4 is 11.8 Å². The van der Waals surface area contributed by atoms with E-state index in [4.69, 9.17) is 5.73 Å². The summed E-state index contributed by atoms with van der Waals surface area (Å²) in [5.41, 5.74) is 5.93. The number of carbonyl (C=O) groups is 2. The Bertz CT molecular complexity index is 550. The maximum Gasteiger partial charge on any atom is 0.223 e. The molecule has 22 heavy (non-hydrogen) atoms. The number of nitrogens with two attached hydrogens (primary N) is 1. The van der Waals surface area contributed by atoms with Crippen molar-refractivity contribution in [1.82, 2.24) is 9.80 Å². The highest BCUT2D eigenvalue weighted by atomic mass is 19.1. The van der Waals surface area contributed by atoms with E-state index in [0.717, 1.165) is 0 Å². The summed E-state index contributed by atoms with van der Waals surface area (Å²) in [7, 11) is 1.91. The van der Waals surface area contributed by atoms with Crippen LogP contribution in [0.1, 0.15) is 12.0 Å². The van der Waals surface area contributed by atoms with Gasteiger partial charge >= 0.3 is 0 Å². The summed E-state index contributed by atoms with van der Waals surface area (Å²) in [4.78, 5) is 27.5. The van der Waals surface area contributed by atoms with Crippen molar-refractivity contribution in [3.8, 4) is 0 Å². The van der Waals surface area contributed by atoms with Gasteiger partial charge in [-0.05, 0) is 25.1 Å². The van der Waals surface area contributed by atoms with Crippen LogP contribution in [0.4, 0.5) is 4.39 Å². The number of aryl methyl sites for hydroxylation is 1. The van der Waals surface area contributed by atoms with Gasteiger partial charge in [-0.25, -0.2) is 4.39 Å². The Labute approximate surface area is 129 Å². The summed E-state index contributed by atoms with van der Waals surface area (Å²) in [5, 5.41) is 0. The van der Waals surface area contributed by atoms with Gasteiger partial charge in [0.1, 0.15) is 5.82 Å². The van der Waals surface area contributed by atoms with E-state index in [1.165, 1.54) is 6.07 Å². The lowest BCUT2D eigenvalue weighted by Gasteiger charge is -2.22. The van der Waals surface area contributed by atoms with Crippen LogP contribution in [0.3, 0.4) is 0 Å². The number of hydrogen-bond acceptors (Lipinski definition) is 3. The highest BCUT2D eigenvalue weighted by molar-refractivity contribution is 5.80. The second-order valence-corrected chi connectivity index (χ2v) is 5.79. The molecule has 0 radical (unpaired) electrons. The zero-order valence-corrected chi connectivity index (χ0v) is 12.8. The van der Waals surface area contributed by atoms with Crippen LogP contribution < -0.4 is 5.73 Å². The number of rotatable bonds is 4. The molecule has 1 aromatic carbocycles. The molecule has 5 nitrogen and oxygen atoms in total. The highest BCUT2D eigenvalue weighted by Gasteiger charge is 2.27. The van der Waals surface area contributed by atoms with Gasteiger partial charge in [0.2, 0.25) is 11.8 Å². The number of amides is 2. The van der Waals surface area contributed by atoms with Crippen molar-refractivity contribution in [3.63, 3.8) is 0 Å². The zero-order chi connectivity index (χ0) is 16.1. The van der Waals surface area contributed by atoms with E-state index >= 15 is 0 Å². The molecule has 1 aromatic rings. The number of primary amides is 1. The summed E-state index contributed by atoms with van der Waals surface area (Å²) >= 11 is 0. The van der Waals surface area contributed by atoms with Crippen LogP contribution in [0.15, 0.2) is 24.3 Å². The van der Waals surface area contributed by atoms with E-state index in [2.05, 4.69) is 0 Å². The molecule has 2 amide bonds. The second-order valence-electron chi connectivity index (χ2n) is 5.79. The molecular formula is C16H22FN3O2. The van der Waals surface area contributed by atoms with Crippen LogP contribution in [0, 0.1) is 11.7 Å². The Morgan fingerprint density at radius 3 is 2.68 bits per heavy atom. The molecule has 1 heterocycles. The third kappa shape index (κ3) is 4.27. The first-order valence-corrected chi connectivity index (χ1v) is 7.46. The first-order valence-electron chi connectivity index (χ1n) is 7.46. The van der Waals surface area contributed by atoms with Crippen LogP contribution >= 0.6 is 0 Å². The fourth-order valence-corrected chi connectivity index (χ4v) is 2.68. The Morgan fingerprint density at radius 2 is 2.00 bits per heavy atom. The smallest absolute Gasteiger partial charge is 0.223 e. The van der Waals surface area contributed by atoms with E-state index in [9.17, 15) is 14.0 Å². The van der Waals surface area contributed by atoms with Crippen molar-refractivity contribution in [2.45, 2.75) is 12.8 Å². The monoisotopic (exact) mass is 307 g/mol. The van der Waals surface area contributed by atoms with Crippen molar-refractivity contribution in [2.24, 2.45) is 11.7 Å². The predicted molar refractivity (Wildman–Crippen MR) is 81.5 cm³/mol. The van der Waals surface area contributed by atoms with Crippen LogP contribution in [-0.4, -0.2) is 54.8 Å². The van der Waals surface area contributed by atoms with Gasteiger partial charge < -0.3 is 15.5 Å². The van der Waals surface area contributed by atoms with E-state index in [1.54, 1.807) is 23.1 Å². The number of halogens is 1. The summed E-state index contributed by atoms with van der Waals surface area (Å²) in [6.07, 6.45) is 0.592. The van der Waals surface area contributed by atoms with E-state index in [0.29, 0.717) is 38.2 Å². The molecule has 2 rings (SSSR count). The lowest BCUT2D eigenvalue weighted by Crippen LogP contribution is -2.40. The fourth-order valence-electron chi connectivity index (χ4n) is 2.68. The molecule has 2 N–H and O–H groups in total. The van der Waals surface area contributed by atoms with Gasteiger partial charge in [0.25, 0.3) is 0 Å². The van der Waals surface area contributed by atoms with Crippen molar-refractivity contribution in [3.05, 3.63) is 35.6 Å². The molecule has 0 aliphatic carbocycles. The molecule has 0 spiro atoms. The lowest BCUT2D eigenvalue weighted by atomic mass is 10.1. The first kappa shape index (κ1) is 16.4. The summed E-state index contributed by atoms with van der Waals surface area (Å²) in [6.45, 7) is 2.17. The minimum absolute atomic E-state index is 0.0650. The molecule has 1 fully saturated rings. The molecule has 1 aliphatic rings. The Kier molecular flexibility index (Phi) is 5.49. The second kappa shape index (κ2) is 7.35. The minimum Gasteiger partial charge on any atom is -0.369 e. The molecular weight excluding hydrogens is 285 g/mol. The Hall–Kier alpha value is -1.95. The number of nitrogens with zero attached hydrogens (tertiary/aromatic N) is 2. The van der Waals surface area contributed by atoms with Crippen molar-refractivity contribution in [2.75, 3.05) is 33.2 Å². The summed E-state index contributed by atoms with van der Waals surface area (Å²) < 4.78 is 13.6. The number of likely N-dealkylation sites (N-methyl/N-ethyl adjacent to an activating group) is 1. The van der Waals surface area contributed by atoms with Gasteiger partial charge in [0, 0.05) is 32.6 Å². The SMILES string of the molecule is CN1CCN(C(=O)CCc2ccccc2F)C[C@@H](C(N)=O)C1. The molecule has 1 saturated heterocycles. The largest absolute Gasteiger partial charge is 0.369 e. The highest BCUT2D eigenvalue weighted by Crippen LogP contribution is 2.13. The topological polar surface area (TPSA) is 66.6 Å². The Morgan fingerprint density at radius 1 is 1.27 bits per heavy atom. The van der Waals surface area contributed by atoms with Gasteiger partial charge in [0.05, 0.1) is 5.92 Å². The van der Waals surface area contributed by atoms with Crippen LogP contribution in [0.25, 0.3) is 0 Å². The maximum atomic E-state index is 13.6. The maximum absolute atomic E-state index is 13.6. The fraction of sp³-hybridized carbons (Fsp3) is 0.500. The molecule has 0 unspecified atom stereocenters. The van der Waals surface area contributed by atoms with Crippen molar-refractivity contribution in [1.29, 1.82) is 0 Å². The molecule has 6 heteroatoms. The standard InChI is InChI=1S/C16H22FN3O2/c1-19-8-9-20(11-13(10-19)16(18)22)15(21)7-6-12-4-2-3-5-14(12)17/h2-5,13H,6-11H2,1H3,(H2,18,22)/t13-/m0/s1. The van der Waals surface area contributed by atoms with Gasteiger partial charge in [-0.1, -0.05) is 18.2 Å². The minimum atomic E-state index is -0.388. The van der Waals surface area contributed by atoms with Gasteiger partial charge in [0.15, 0.2) is 0 Å². The average molecular weight is 307 g/mol. The third-order valence-electron chi connectivity index (χ3n) is 4.05. The third-order valence-corrected chi connectivity index (χ3v) is 4.05. The number of benzene rings is 1. The predicted octanol–water partition coefficient (Wildman–Crippen LogP) is 0.634. The van der Waals surface area contributed by atoms with Crippen LogP contribution in [-0.2, 0) is 16.0 Å². The molecule has 120 valence electrons. The first-order chi connectivity index (χ1) is 10.5. The van der Waals surface area contributed by atoms with Crippen LogP contribution in [0.5, 0.6) is 0 Å². The van der Waals surface area contributed by atoms with E-state index in [1.807, 2.05) is 11.9 Å².